The highest BCUT2D eigenvalue weighted by Crippen LogP contribution is 2.56. The van der Waals surface area contributed by atoms with Gasteiger partial charge in [-0.2, -0.15) is 0 Å². The Morgan fingerprint density at radius 2 is 0.492 bits per heavy atom. The maximum atomic E-state index is 6.47. The van der Waals surface area contributed by atoms with Gasteiger partial charge >= 0.3 is 0 Å². The highest BCUT2D eigenvalue weighted by molar-refractivity contribution is 6.20. The lowest BCUT2D eigenvalue weighted by atomic mass is 9.87. The van der Waals surface area contributed by atoms with Gasteiger partial charge in [0.05, 0.1) is 44.8 Å². The fourth-order valence-electron chi connectivity index (χ4n) is 20.0. The molecular formula is C116H74N6O2. The molecular weight excluding hydrogens is 1510 g/mol. The van der Waals surface area contributed by atoms with Crippen LogP contribution in [0.3, 0.4) is 0 Å². The SMILES string of the molecule is c1ccc(N2c3ccccc3-c3ccc(-c4ccc(N(c5ccc6c(c5)oc5ccccc56)c5ccc6c(c5)c5ccccc5n6-c5ccccc5)cc4)c4cccc2c34)cc1.c1ccc(N2c3ccccc3-c3ccc(-c4ccc(N(c5ccc6oc7ccccc7c6c5)c5ccc6c(c5)c5ccccc5n6-c5ccccc5)cc4)c4cccc2c34)cc1. The minimum absolute atomic E-state index is 0.863. The van der Waals surface area contributed by atoms with Gasteiger partial charge in [0.2, 0.25) is 0 Å². The molecule has 0 fully saturated rings. The fraction of sp³-hybridized carbons (Fsp3) is 0. The van der Waals surface area contributed by atoms with Crippen LogP contribution in [0, 0.1) is 0 Å². The second kappa shape index (κ2) is 28.5. The lowest BCUT2D eigenvalue weighted by molar-refractivity contribution is 0.668. The first-order valence-corrected chi connectivity index (χ1v) is 42.4. The number of rotatable bonds is 12. The fourth-order valence-corrected chi connectivity index (χ4v) is 20.0. The number of benzene rings is 20. The second-order valence-electron chi connectivity index (χ2n) is 32.2. The summed E-state index contributed by atoms with van der Waals surface area (Å²) >= 11 is 0. The summed E-state index contributed by atoms with van der Waals surface area (Å²) in [6.45, 7) is 0. The average molecular weight is 1580 g/mol. The molecule has 580 valence electrons. The number of anilines is 12. The average Bonchev–Trinajstić information content (AvgIpc) is 1.44. The molecule has 0 bridgehead atoms. The zero-order chi connectivity index (χ0) is 81.5. The monoisotopic (exact) mass is 1580 g/mol. The van der Waals surface area contributed by atoms with E-state index in [9.17, 15) is 0 Å². The first-order chi connectivity index (χ1) is 61.5. The summed E-state index contributed by atoms with van der Waals surface area (Å²) in [5.41, 5.74) is 33.7. The molecule has 0 N–H and O–H groups in total. The Morgan fingerprint density at radius 3 is 0.976 bits per heavy atom. The van der Waals surface area contributed by atoms with Crippen LogP contribution in [0.4, 0.5) is 68.2 Å². The van der Waals surface area contributed by atoms with Gasteiger partial charge in [-0.3, -0.25) is 0 Å². The summed E-state index contributed by atoms with van der Waals surface area (Å²) < 4.78 is 17.5. The lowest BCUT2D eigenvalue weighted by Crippen LogP contribution is -2.14. The molecule has 8 nitrogen and oxygen atoms in total. The molecule has 4 aromatic heterocycles. The van der Waals surface area contributed by atoms with Gasteiger partial charge in [0.15, 0.2) is 0 Å². The van der Waals surface area contributed by atoms with Crippen molar-refractivity contribution in [3.05, 3.63) is 449 Å². The van der Waals surface area contributed by atoms with E-state index in [4.69, 9.17) is 8.83 Å². The smallest absolute Gasteiger partial charge is 0.137 e. The van der Waals surface area contributed by atoms with Gasteiger partial charge in [-0.05, 0) is 232 Å². The van der Waals surface area contributed by atoms with Crippen LogP contribution < -0.4 is 19.6 Å². The summed E-state index contributed by atoms with van der Waals surface area (Å²) in [6, 6.07) is 162. The Kier molecular flexibility index (Phi) is 16.2. The van der Waals surface area contributed by atoms with E-state index < -0.39 is 0 Å². The van der Waals surface area contributed by atoms with Crippen LogP contribution in [-0.2, 0) is 0 Å². The van der Waals surface area contributed by atoms with Crippen molar-refractivity contribution in [3.8, 4) is 55.9 Å². The third kappa shape index (κ3) is 11.2. The maximum absolute atomic E-state index is 6.47. The molecule has 8 heteroatoms. The maximum Gasteiger partial charge on any atom is 0.137 e. The van der Waals surface area contributed by atoms with Crippen molar-refractivity contribution >= 4 is 177 Å². The first-order valence-electron chi connectivity index (χ1n) is 42.4. The largest absolute Gasteiger partial charge is 0.456 e. The van der Waals surface area contributed by atoms with Gasteiger partial charge < -0.3 is 37.6 Å². The molecule has 0 aliphatic carbocycles. The van der Waals surface area contributed by atoms with Crippen molar-refractivity contribution in [2.45, 2.75) is 0 Å². The summed E-state index contributed by atoms with van der Waals surface area (Å²) in [5, 5.41) is 14.3. The molecule has 0 amide bonds. The highest BCUT2D eigenvalue weighted by Gasteiger charge is 2.31. The van der Waals surface area contributed by atoms with Crippen LogP contribution >= 0.6 is 0 Å². The number of nitrogens with zero attached hydrogens (tertiary/aromatic N) is 6. The van der Waals surface area contributed by atoms with Gasteiger partial charge in [0.1, 0.15) is 22.3 Å². The van der Waals surface area contributed by atoms with Crippen molar-refractivity contribution in [1.82, 2.24) is 9.13 Å². The predicted molar refractivity (Wildman–Crippen MR) is 519 cm³/mol. The lowest BCUT2D eigenvalue weighted by Gasteiger charge is -2.34. The van der Waals surface area contributed by atoms with Gasteiger partial charge in [0, 0.05) is 128 Å². The quantitative estimate of drug-likeness (QED) is 0.121. The Balaban J connectivity index is 0.000000136. The Hall–Kier alpha value is -16.7. The Morgan fingerprint density at radius 1 is 0.169 bits per heavy atom. The third-order valence-electron chi connectivity index (χ3n) is 25.4. The van der Waals surface area contributed by atoms with Crippen molar-refractivity contribution < 1.29 is 8.83 Å². The van der Waals surface area contributed by atoms with E-state index in [0.717, 1.165) is 106 Å². The van der Waals surface area contributed by atoms with E-state index in [2.05, 4.69) is 453 Å². The second-order valence-corrected chi connectivity index (χ2v) is 32.2. The van der Waals surface area contributed by atoms with Gasteiger partial charge in [-0.15, -0.1) is 0 Å². The standard InChI is InChI=1S/2C58H37N3O/c1-3-14-39(15-4-1)60-53-23-11-8-19-46(53)50-36-42(30-34-54(50)60)59(43-31-35-57-51(37-43)47-20-9-12-25-56(47)62-57)41-28-26-38(27-29-41)44-32-33-49-45-18-7-10-22-52(45)61(40-16-5-2-6-17-40)55-24-13-21-48(44)58(49)55;1-3-14-39(15-4-1)60-53-23-11-8-19-46(53)51-36-42(31-35-54(51)60)59(43-30-32-48-47-20-9-12-25-56(47)62-57(48)37-43)41-28-26-38(27-29-41)44-33-34-50-45-18-7-10-22-52(45)61(40-16-5-2-6-17-40)55-24-13-21-49(44)58(50)55/h2*1-37H. The minimum atomic E-state index is 0.863. The topological polar surface area (TPSA) is 49.1 Å². The third-order valence-corrected chi connectivity index (χ3v) is 25.4. The van der Waals surface area contributed by atoms with E-state index >= 15 is 0 Å². The van der Waals surface area contributed by atoms with Crippen LogP contribution in [0.15, 0.2) is 458 Å². The van der Waals surface area contributed by atoms with Crippen molar-refractivity contribution in [3.63, 3.8) is 0 Å². The molecule has 24 aromatic rings. The Bertz CT molecular complexity index is 8370. The molecule has 6 heterocycles. The minimum Gasteiger partial charge on any atom is -0.456 e. The first kappa shape index (κ1) is 70.3. The van der Waals surface area contributed by atoms with Gasteiger partial charge in [-0.1, -0.05) is 255 Å². The van der Waals surface area contributed by atoms with Crippen LogP contribution in [0.25, 0.3) is 165 Å². The van der Waals surface area contributed by atoms with E-state index in [-0.39, 0.29) is 0 Å². The molecule has 124 heavy (non-hydrogen) atoms. The highest BCUT2D eigenvalue weighted by atomic mass is 16.3. The number of para-hydroxylation sites is 10. The molecule has 0 saturated carbocycles. The van der Waals surface area contributed by atoms with Crippen molar-refractivity contribution in [1.29, 1.82) is 0 Å². The van der Waals surface area contributed by atoms with Gasteiger partial charge in [0.25, 0.3) is 0 Å². The van der Waals surface area contributed by atoms with E-state index in [1.54, 1.807) is 0 Å². The number of hydrogen-bond acceptors (Lipinski definition) is 6. The number of hydrogen-bond donors (Lipinski definition) is 0. The summed E-state index contributed by atoms with van der Waals surface area (Å²) in [5.74, 6) is 0. The summed E-state index contributed by atoms with van der Waals surface area (Å²) in [7, 11) is 0. The normalized spacial score (nSPS) is 12.2. The number of aromatic nitrogens is 2. The number of furan rings is 2. The van der Waals surface area contributed by atoms with Crippen LogP contribution in [-0.4, -0.2) is 9.13 Å². The number of fused-ring (bicyclic) bond motifs is 16. The molecule has 0 saturated heterocycles. The van der Waals surface area contributed by atoms with E-state index in [1.807, 2.05) is 24.3 Å². The molecule has 2 aliphatic rings. The molecule has 0 atom stereocenters. The zero-order valence-electron chi connectivity index (χ0n) is 67.2. The molecule has 26 rings (SSSR count). The molecule has 20 aromatic carbocycles. The van der Waals surface area contributed by atoms with Crippen LogP contribution in [0.2, 0.25) is 0 Å². The summed E-state index contributed by atoms with van der Waals surface area (Å²) in [4.78, 5) is 9.55. The van der Waals surface area contributed by atoms with Crippen LogP contribution in [0.1, 0.15) is 0 Å². The summed E-state index contributed by atoms with van der Waals surface area (Å²) in [6.07, 6.45) is 0. The molecule has 0 unspecified atom stereocenters. The van der Waals surface area contributed by atoms with E-state index in [1.165, 1.54) is 127 Å². The van der Waals surface area contributed by atoms with Gasteiger partial charge in [-0.25, -0.2) is 0 Å². The predicted octanol–water partition coefficient (Wildman–Crippen LogP) is 32.8. The van der Waals surface area contributed by atoms with E-state index in [0.29, 0.717) is 0 Å². The Labute approximate surface area is 714 Å². The van der Waals surface area contributed by atoms with Crippen LogP contribution in [0.5, 0.6) is 0 Å². The molecule has 0 radical (unpaired) electrons. The zero-order valence-corrected chi connectivity index (χ0v) is 67.2. The molecule has 0 spiro atoms. The van der Waals surface area contributed by atoms with Crippen molar-refractivity contribution in [2.24, 2.45) is 0 Å². The molecule has 2 aliphatic heterocycles. The van der Waals surface area contributed by atoms with Crippen molar-refractivity contribution in [2.75, 3.05) is 19.6 Å².